The second kappa shape index (κ2) is 5.35. The molecule has 2 N–H and O–H groups in total. The Bertz CT molecular complexity index is 596. The van der Waals surface area contributed by atoms with Gasteiger partial charge in [-0.1, -0.05) is 13.8 Å². The predicted molar refractivity (Wildman–Crippen MR) is 78.3 cm³/mol. The molecule has 112 valence electrons. The third-order valence-electron chi connectivity index (χ3n) is 3.57. The Labute approximate surface area is 120 Å². The van der Waals surface area contributed by atoms with Crippen LogP contribution in [-0.4, -0.2) is 39.5 Å². The van der Waals surface area contributed by atoms with E-state index in [0.717, 1.165) is 17.7 Å². The van der Waals surface area contributed by atoms with Gasteiger partial charge in [0.05, 0.1) is 11.5 Å². The van der Waals surface area contributed by atoms with E-state index in [0.29, 0.717) is 24.6 Å². The molecule has 1 aromatic rings. The summed E-state index contributed by atoms with van der Waals surface area (Å²) in [6.45, 7) is 5.35. The molecule has 0 radical (unpaired) electrons. The summed E-state index contributed by atoms with van der Waals surface area (Å²) in [5.74, 6) is 0.786. The Morgan fingerprint density at radius 2 is 2.10 bits per heavy atom. The van der Waals surface area contributed by atoms with Crippen molar-refractivity contribution >= 4 is 10.0 Å². The molecule has 1 aromatic carbocycles. The minimum Gasteiger partial charge on any atom is -0.493 e. The van der Waals surface area contributed by atoms with Crippen LogP contribution in [0.2, 0.25) is 0 Å². The van der Waals surface area contributed by atoms with Gasteiger partial charge in [-0.25, -0.2) is 12.7 Å². The highest BCUT2D eigenvalue weighted by molar-refractivity contribution is 7.89. The highest BCUT2D eigenvalue weighted by atomic mass is 32.2. The summed E-state index contributed by atoms with van der Waals surface area (Å²) >= 11 is 0. The standard InChI is InChI=1S/C14H22N2O3S/c1-14(2,9-15)10-16(3)20(17,18)12-4-5-13-11(8-12)6-7-19-13/h4-5,8H,6-7,9-10,15H2,1-3H3. The molecule has 1 aliphatic rings. The van der Waals surface area contributed by atoms with E-state index in [1.54, 1.807) is 25.2 Å². The van der Waals surface area contributed by atoms with Gasteiger partial charge in [0.15, 0.2) is 0 Å². The number of rotatable bonds is 5. The molecule has 1 aliphatic heterocycles. The maximum atomic E-state index is 12.6. The predicted octanol–water partition coefficient (Wildman–Crippen LogP) is 1.23. The number of benzene rings is 1. The fourth-order valence-electron chi connectivity index (χ4n) is 2.26. The number of hydrogen-bond donors (Lipinski definition) is 1. The van der Waals surface area contributed by atoms with Gasteiger partial charge in [0, 0.05) is 20.0 Å². The lowest BCUT2D eigenvalue weighted by Gasteiger charge is -2.28. The number of fused-ring (bicyclic) bond motifs is 1. The van der Waals surface area contributed by atoms with Crippen molar-refractivity contribution in [2.24, 2.45) is 11.1 Å². The molecule has 0 saturated heterocycles. The van der Waals surface area contributed by atoms with Crippen LogP contribution in [0.25, 0.3) is 0 Å². The minimum absolute atomic E-state index is 0.248. The molecule has 0 amide bonds. The van der Waals surface area contributed by atoms with Crippen molar-refractivity contribution in [3.05, 3.63) is 23.8 Å². The van der Waals surface area contributed by atoms with Gasteiger partial charge >= 0.3 is 0 Å². The van der Waals surface area contributed by atoms with Gasteiger partial charge in [-0.15, -0.1) is 0 Å². The Morgan fingerprint density at radius 1 is 1.40 bits per heavy atom. The molecule has 0 aromatic heterocycles. The average molecular weight is 298 g/mol. The summed E-state index contributed by atoms with van der Waals surface area (Å²) in [5.41, 5.74) is 6.38. The first-order chi connectivity index (χ1) is 9.26. The average Bonchev–Trinajstić information content (AvgIpc) is 2.85. The second-order valence-electron chi connectivity index (χ2n) is 6.00. The van der Waals surface area contributed by atoms with Gasteiger partial charge in [0.2, 0.25) is 10.0 Å². The van der Waals surface area contributed by atoms with E-state index in [9.17, 15) is 8.42 Å². The molecule has 20 heavy (non-hydrogen) atoms. The lowest BCUT2D eigenvalue weighted by atomic mass is 9.94. The van der Waals surface area contributed by atoms with Crippen LogP contribution in [0.3, 0.4) is 0 Å². The number of hydrogen-bond acceptors (Lipinski definition) is 4. The van der Waals surface area contributed by atoms with Gasteiger partial charge in [-0.05, 0) is 35.7 Å². The number of sulfonamides is 1. The smallest absolute Gasteiger partial charge is 0.242 e. The first-order valence-corrected chi connectivity index (χ1v) is 8.12. The van der Waals surface area contributed by atoms with Crippen molar-refractivity contribution in [1.29, 1.82) is 0 Å². The summed E-state index contributed by atoms with van der Waals surface area (Å²) in [7, 11) is -1.89. The molecule has 0 unspecified atom stereocenters. The zero-order valence-corrected chi connectivity index (χ0v) is 13.0. The summed E-state index contributed by atoms with van der Waals surface area (Å²) in [4.78, 5) is 0.317. The van der Waals surface area contributed by atoms with Crippen molar-refractivity contribution in [1.82, 2.24) is 4.31 Å². The van der Waals surface area contributed by atoms with Gasteiger partial charge in [0.25, 0.3) is 0 Å². The van der Waals surface area contributed by atoms with Crippen molar-refractivity contribution in [2.75, 3.05) is 26.7 Å². The van der Waals surface area contributed by atoms with Crippen LogP contribution < -0.4 is 10.5 Å². The Kier molecular flexibility index (Phi) is 4.09. The molecular formula is C14H22N2O3S. The van der Waals surface area contributed by atoms with Crippen LogP contribution in [0.5, 0.6) is 5.75 Å². The maximum absolute atomic E-state index is 12.6. The van der Waals surface area contributed by atoms with Crippen LogP contribution in [0.15, 0.2) is 23.1 Å². The molecule has 2 rings (SSSR count). The second-order valence-corrected chi connectivity index (χ2v) is 8.04. The molecule has 6 heteroatoms. The number of nitrogens with zero attached hydrogens (tertiary/aromatic N) is 1. The van der Waals surface area contributed by atoms with Gasteiger partial charge < -0.3 is 10.5 Å². The monoisotopic (exact) mass is 298 g/mol. The fourth-order valence-corrected chi connectivity index (χ4v) is 3.67. The lowest BCUT2D eigenvalue weighted by molar-refractivity contribution is 0.292. The van der Waals surface area contributed by atoms with E-state index in [1.165, 1.54) is 4.31 Å². The summed E-state index contributed by atoms with van der Waals surface area (Å²) in [6.07, 6.45) is 0.761. The molecule has 1 heterocycles. The van der Waals surface area contributed by atoms with E-state index in [2.05, 4.69) is 0 Å². The fraction of sp³-hybridized carbons (Fsp3) is 0.571. The zero-order chi connectivity index (χ0) is 15.0. The molecule has 0 fully saturated rings. The van der Waals surface area contributed by atoms with Crippen molar-refractivity contribution in [3.8, 4) is 5.75 Å². The Morgan fingerprint density at radius 3 is 2.75 bits per heavy atom. The highest BCUT2D eigenvalue weighted by Gasteiger charge is 2.28. The quantitative estimate of drug-likeness (QED) is 0.887. The summed E-state index contributed by atoms with van der Waals surface area (Å²) in [6, 6.07) is 5.05. The molecule has 0 saturated carbocycles. The van der Waals surface area contributed by atoms with Crippen LogP contribution in [0, 0.1) is 5.41 Å². The third-order valence-corrected chi connectivity index (χ3v) is 5.37. The van der Waals surface area contributed by atoms with Crippen molar-refractivity contribution < 1.29 is 13.2 Å². The summed E-state index contributed by atoms with van der Waals surface area (Å²) < 4.78 is 31.9. The molecule has 5 nitrogen and oxygen atoms in total. The number of ether oxygens (including phenoxy) is 1. The van der Waals surface area contributed by atoms with Crippen molar-refractivity contribution in [3.63, 3.8) is 0 Å². The van der Waals surface area contributed by atoms with E-state index in [-0.39, 0.29) is 5.41 Å². The van der Waals surface area contributed by atoms with E-state index < -0.39 is 10.0 Å². The lowest BCUT2D eigenvalue weighted by Crippen LogP contribution is -2.39. The van der Waals surface area contributed by atoms with E-state index >= 15 is 0 Å². The van der Waals surface area contributed by atoms with Gasteiger partial charge in [0.1, 0.15) is 5.75 Å². The first kappa shape index (κ1) is 15.3. The minimum atomic E-state index is -3.48. The molecule has 0 bridgehead atoms. The largest absolute Gasteiger partial charge is 0.493 e. The van der Waals surface area contributed by atoms with Crippen LogP contribution in [-0.2, 0) is 16.4 Å². The topological polar surface area (TPSA) is 72.6 Å². The van der Waals surface area contributed by atoms with E-state index in [1.807, 2.05) is 13.8 Å². The normalized spacial score (nSPS) is 15.2. The SMILES string of the molecule is CN(CC(C)(C)CN)S(=O)(=O)c1ccc2c(c1)CCO2. The third kappa shape index (κ3) is 2.97. The Balaban J connectivity index is 2.26. The number of nitrogens with two attached hydrogens (primary N) is 1. The highest BCUT2D eigenvalue weighted by Crippen LogP contribution is 2.29. The van der Waals surface area contributed by atoms with Crippen LogP contribution in [0.4, 0.5) is 0 Å². The maximum Gasteiger partial charge on any atom is 0.242 e. The van der Waals surface area contributed by atoms with Crippen LogP contribution >= 0.6 is 0 Å². The van der Waals surface area contributed by atoms with E-state index in [4.69, 9.17) is 10.5 Å². The molecular weight excluding hydrogens is 276 g/mol. The first-order valence-electron chi connectivity index (χ1n) is 6.68. The zero-order valence-electron chi connectivity index (χ0n) is 12.2. The van der Waals surface area contributed by atoms with Crippen LogP contribution in [0.1, 0.15) is 19.4 Å². The van der Waals surface area contributed by atoms with Gasteiger partial charge in [-0.2, -0.15) is 0 Å². The molecule has 0 atom stereocenters. The molecule has 0 aliphatic carbocycles. The Hall–Kier alpha value is -1.11. The molecule has 0 spiro atoms. The summed E-state index contributed by atoms with van der Waals surface area (Å²) in [5, 5.41) is 0. The van der Waals surface area contributed by atoms with Gasteiger partial charge in [-0.3, -0.25) is 0 Å². The van der Waals surface area contributed by atoms with Crippen molar-refractivity contribution in [2.45, 2.75) is 25.2 Å².